The maximum absolute atomic E-state index is 11.2. The van der Waals surface area contributed by atoms with E-state index in [1.807, 2.05) is 31.2 Å². The van der Waals surface area contributed by atoms with E-state index in [1.165, 1.54) is 0 Å². The first-order valence-electron chi connectivity index (χ1n) is 4.67. The van der Waals surface area contributed by atoms with Crippen molar-refractivity contribution in [3.8, 4) is 5.75 Å². The number of nitrogens with one attached hydrogen (secondary N) is 1. The van der Waals surface area contributed by atoms with Crippen LogP contribution in [-0.2, 0) is 4.79 Å². The number of methoxy groups -OCH3 is 1. The number of carbonyl (C=O) groups excluding carboxylic acids is 1. The lowest BCUT2D eigenvalue weighted by Crippen LogP contribution is -2.27. The average Bonchev–Trinajstić information content (AvgIpc) is 2.28. The highest BCUT2D eigenvalue weighted by Crippen LogP contribution is 2.24. The summed E-state index contributed by atoms with van der Waals surface area (Å²) in [7, 11) is 1.62. The second-order valence-electron chi connectivity index (χ2n) is 3.16. The van der Waals surface area contributed by atoms with E-state index in [4.69, 9.17) is 4.74 Å². The molecular weight excluding hydrogens is 258 g/mol. The van der Waals surface area contributed by atoms with E-state index in [1.54, 1.807) is 7.11 Å². The lowest BCUT2D eigenvalue weighted by atomic mass is 10.1. The van der Waals surface area contributed by atoms with Gasteiger partial charge in [0, 0.05) is 5.56 Å². The SMILES string of the molecule is COc1ccccc1[C@@H](C)NC(=O)CBr. The summed E-state index contributed by atoms with van der Waals surface area (Å²) in [5.74, 6) is 0.758. The largest absolute Gasteiger partial charge is 0.496 e. The summed E-state index contributed by atoms with van der Waals surface area (Å²) in [6, 6.07) is 7.60. The highest BCUT2D eigenvalue weighted by Gasteiger charge is 2.12. The molecule has 0 aliphatic rings. The Morgan fingerprint density at radius 2 is 2.20 bits per heavy atom. The molecule has 1 atom stereocenters. The molecule has 3 nitrogen and oxygen atoms in total. The van der Waals surface area contributed by atoms with E-state index in [2.05, 4.69) is 21.2 Å². The van der Waals surface area contributed by atoms with Gasteiger partial charge in [-0.3, -0.25) is 4.79 Å². The monoisotopic (exact) mass is 271 g/mol. The highest BCUT2D eigenvalue weighted by atomic mass is 79.9. The molecule has 0 saturated carbocycles. The Labute approximate surface area is 97.9 Å². The molecule has 0 saturated heterocycles. The van der Waals surface area contributed by atoms with Crippen LogP contribution in [0.1, 0.15) is 18.5 Å². The van der Waals surface area contributed by atoms with Crippen LogP contribution in [0, 0.1) is 0 Å². The topological polar surface area (TPSA) is 38.3 Å². The molecule has 0 radical (unpaired) electrons. The number of para-hydroxylation sites is 1. The van der Waals surface area contributed by atoms with Gasteiger partial charge in [0.15, 0.2) is 0 Å². The van der Waals surface area contributed by atoms with Crippen molar-refractivity contribution in [2.24, 2.45) is 0 Å². The Morgan fingerprint density at radius 1 is 1.53 bits per heavy atom. The van der Waals surface area contributed by atoms with Gasteiger partial charge in [-0.25, -0.2) is 0 Å². The van der Waals surface area contributed by atoms with Crippen LogP contribution in [-0.4, -0.2) is 18.3 Å². The fraction of sp³-hybridized carbons (Fsp3) is 0.364. The maximum Gasteiger partial charge on any atom is 0.231 e. The number of alkyl halides is 1. The van der Waals surface area contributed by atoms with Gasteiger partial charge in [-0.1, -0.05) is 34.1 Å². The molecule has 15 heavy (non-hydrogen) atoms. The van der Waals surface area contributed by atoms with E-state index < -0.39 is 0 Å². The molecule has 1 aromatic carbocycles. The highest BCUT2D eigenvalue weighted by molar-refractivity contribution is 9.09. The summed E-state index contributed by atoms with van der Waals surface area (Å²) in [5.41, 5.74) is 0.981. The van der Waals surface area contributed by atoms with Crippen molar-refractivity contribution in [2.75, 3.05) is 12.4 Å². The molecule has 1 amide bonds. The fourth-order valence-electron chi connectivity index (χ4n) is 1.38. The standard InChI is InChI=1S/C11H14BrNO2/c1-8(13-11(14)7-12)9-5-3-4-6-10(9)15-2/h3-6,8H,7H2,1-2H3,(H,13,14)/t8-/m1/s1. The molecule has 0 aliphatic heterocycles. The van der Waals surface area contributed by atoms with E-state index in [-0.39, 0.29) is 11.9 Å². The summed E-state index contributed by atoms with van der Waals surface area (Å²) in [6.07, 6.45) is 0. The zero-order valence-electron chi connectivity index (χ0n) is 8.79. The molecule has 1 N–H and O–H groups in total. The van der Waals surface area contributed by atoms with Gasteiger partial charge in [-0.2, -0.15) is 0 Å². The smallest absolute Gasteiger partial charge is 0.231 e. The molecule has 0 fully saturated rings. The normalized spacial score (nSPS) is 11.9. The van der Waals surface area contributed by atoms with Crippen LogP contribution in [0.15, 0.2) is 24.3 Å². The minimum Gasteiger partial charge on any atom is -0.496 e. The number of ether oxygens (including phenoxy) is 1. The molecule has 0 heterocycles. The quantitative estimate of drug-likeness (QED) is 0.854. The van der Waals surface area contributed by atoms with Gasteiger partial charge in [-0.05, 0) is 13.0 Å². The predicted molar refractivity (Wildman–Crippen MR) is 63.3 cm³/mol. The van der Waals surface area contributed by atoms with Gasteiger partial charge >= 0.3 is 0 Å². The number of rotatable bonds is 4. The van der Waals surface area contributed by atoms with Crippen molar-refractivity contribution in [1.29, 1.82) is 0 Å². The average molecular weight is 272 g/mol. The van der Waals surface area contributed by atoms with Crippen LogP contribution >= 0.6 is 15.9 Å². The number of hydrogen-bond acceptors (Lipinski definition) is 2. The summed E-state index contributed by atoms with van der Waals surface area (Å²) in [4.78, 5) is 11.2. The summed E-state index contributed by atoms with van der Waals surface area (Å²) < 4.78 is 5.22. The number of halogens is 1. The van der Waals surface area contributed by atoms with Crippen molar-refractivity contribution in [3.63, 3.8) is 0 Å². The number of hydrogen-bond donors (Lipinski definition) is 1. The van der Waals surface area contributed by atoms with Crippen molar-refractivity contribution in [2.45, 2.75) is 13.0 Å². The Bertz CT molecular complexity index is 341. The summed E-state index contributed by atoms with van der Waals surface area (Å²) in [6.45, 7) is 1.93. The first kappa shape index (κ1) is 12.0. The second kappa shape index (κ2) is 5.75. The van der Waals surface area contributed by atoms with E-state index in [0.717, 1.165) is 11.3 Å². The minimum absolute atomic E-state index is 0.0339. The molecule has 4 heteroatoms. The molecule has 0 aromatic heterocycles. The number of carbonyl (C=O) groups is 1. The molecule has 82 valence electrons. The van der Waals surface area contributed by atoms with Crippen molar-refractivity contribution in [3.05, 3.63) is 29.8 Å². The zero-order valence-corrected chi connectivity index (χ0v) is 10.4. The number of amides is 1. The van der Waals surface area contributed by atoms with Crippen molar-refractivity contribution >= 4 is 21.8 Å². The van der Waals surface area contributed by atoms with Gasteiger partial charge in [-0.15, -0.1) is 0 Å². The van der Waals surface area contributed by atoms with Crippen LogP contribution in [0.4, 0.5) is 0 Å². The van der Waals surface area contributed by atoms with Crippen LogP contribution in [0.5, 0.6) is 5.75 Å². The predicted octanol–water partition coefficient (Wildman–Crippen LogP) is 2.27. The third kappa shape index (κ3) is 3.23. The second-order valence-corrected chi connectivity index (χ2v) is 3.73. The van der Waals surface area contributed by atoms with Gasteiger partial charge in [0.1, 0.15) is 5.75 Å². The Kier molecular flexibility index (Phi) is 4.62. The molecule has 0 bridgehead atoms. The van der Waals surface area contributed by atoms with Gasteiger partial charge in [0.2, 0.25) is 5.91 Å². The Balaban J connectivity index is 2.80. The number of benzene rings is 1. The lowest BCUT2D eigenvalue weighted by Gasteiger charge is -2.16. The Morgan fingerprint density at radius 3 is 2.80 bits per heavy atom. The molecule has 1 rings (SSSR count). The molecule has 0 unspecified atom stereocenters. The third-order valence-electron chi connectivity index (χ3n) is 2.10. The van der Waals surface area contributed by atoms with Gasteiger partial charge < -0.3 is 10.1 Å². The van der Waals surface area contributed by atoms with E-state index in [0.29, 0.717) is 5.33 Å². The molecule has 1 aromatic rings. The Hall–Kier alpha value is -1.03. The first-order valence-corrected chi connectivity index (χ1v) is 5.79. The van der Waals surface area contributed by atoms with Gasteiger partial charge in [0.25, 0.3) is 0 Å². The molecule has 0 spiro atoms. The van der Waals surface area contributed by atoms with E-state index in [9.17, 15) is 4.79 Å². The summed E-state index contributed by atoms with van der Waals surface area (Å²) >= 11 is 3.11. The van der Waals surface area contributed by atoms with Crippen LogP contribution in [0.3, 0.4) is 0 Å². The van der Waals surface area contributed by atoms with Crippen molar-refractivity contribution < 1.29 is 9.53 Å². The lowest BCUT2D eigenvalue weighted by molar-refractivity contribution is -0.119. The van der Waals surface area contributed by atoms with E-state index >= 15 is 0 Å². The van der Waals surface area contributed by atoms with Crippen LogP contribution in [0.2, 0.25) is 0 Å². The van der Waals surface area contributed by atoms with Gasteiger partial charge in [0.05, 0.1) is 18.5 Å². The summed E-state index contributed by atoms with van der Waals surface area (Å²) in [5, 5.41) is 3.17. The maximum atomic E-state index is 11.2. The zero-order chi connectivity index (χ0) is 11.3. The third-order valence-corrected chi connectivity index (χ3v) is 2.61. The van der Waals surface area contributed by atoms with Crippen molar-refractivity contribution in [1.82, 2.24) is 5.32 Å². The fourth-order valence-corrected chi connectivity index (χ4v) is 1.54. The molecule has 0 aliphatic carbocycles. The van der Waals surface area contributed by atoms with Crippen LogP contribution < -0.4 is 10.1 Å². The minimum atomic E-state index is -0.0498. The van der Waals surface area contributed by atoms with Crippen LogP contribution in [0.25, 0.3) is 0 Å². The molecular formula is C11H14BrNO2. The first-order chi connectivity index (χ1) is 7.19.